The Balaban J connectivity index is 1.05. The Morgan fingerprint density at radius 3 is 2.11 bits per heavy atom. The van der Waals surface area contributed by atoms with Gasteiger partial charge in [-0.1, -0.05) is 61.9 Å². The maximum absolute atomic E-state index is 2.61. The second-order valence-electron chi connectivity index (χ2n) is 14.4. The van der Waals surface area contributed by atoms with E-state index in [-0.39, 0.29) is 0 Å². The molecule has 0 bridgehead atoms. The average molecular weight is 623 g/mol. The second-order valence-corrected chi connectivity index (χ2v) is 14.4. The lowest BCUT2D eigenvalue weighted by Gasteiger charge is -2.32. The second kappa shape index (κ2) is 14.5. The third-order valence-corrected chi connectivity index (χ3v) is 11.3. The number of hydrogen-bond donors (Lipinski definition) is 0. The first kappa shape index (κ1) is 31.8. The lowest BCUT2D eigenvalue weighted by molar-refractivity contribution is 0.396. The summed E-state index contributed by atoms with van der Waals surface area (Å²) in [5, 5.41) is 0. The first-order chi connectivity index (χ1) is 23.2. The lowest BCUT2D eigenvalue weighted by atomic mass is 9.76. The molecule has 0 amide bonds. The van der Waals surface area contributed by atoms with Gasteiger partial charge in [0.1, 0.15) is 0 Å². The van der Waals surface area contributed by atoms with Gasteiger partial charge in [0, 0.05) is 34.2 Å². The third-order valence-electron chi connectivity index (χ3n) is 11.3. The van der Waals surface area contributed by atoms with Crippen LogP contribution in [0.25, 0.3) is 11.8 Å². The van der Waals surface area contributed by atoms with Crippen LogP contribution in [0.3, 0.4) is 0 Å². The summed E-state index contributed by atoms with van der Waals surface area (Å²) >= 11 is 0. The van der Waals surface area contributed by atoms with Crippen molar-refractivity contribution in [2.75, 3.05) is 4.90 Å². The largest absolute Gasteiger partial charge is 0.314 e. The minimum Gasteiger partial charge on any atom is -0.314 e. The molecule has 0 radical (unpaired) electrons. The SMILES string of the molecule is C/C=C\c1c(CCC)c2c(n1-c1ccc(C3CCC(c4ccc(N(C5=CCCC=C5)C5=C(C)CCC=C5)cc4)CC3)cc1)CCCC2. The zero-order valence-electron chi connectivity index (χ0n) is 29.1. The molecule has 2 aromatic carbocycles. The highest BCUT2D eigenvalue weighted by Crippen LogP contribution is 2.42. The molecule has 0 saturated heterocycles. The molecule has 1 heterocycles. The minimum atomic E-state index is 0.657. The molecule has 4 aliphatic rings. The normalized spacial score (nSPS) is 21.3. The van der Waals surface area contributed by atoms with Gasteiger partial charge in [-0.3, -0.25) is 0 Å². The van der Waals surface area contributed by atoms with Crippen molar-refractivity contribution in [2.24, 2.45) is 0 Å². The van der Waals surface area contributed by atoms with Crippen molar-refractivity contribution >= 4 is 11.8 Å². The van der Waals surface area contributed by atoms with Gasteiger partial charge in [0.05, 0.1) is 0 Å². The van der Waals surface area contributed by atoms with Gasteiger partial charge < -0.3 is 9.47 Å². The third kappa shape index (κ3) is 6.54. The molecule has 3 aromatic rings. The van der Waals surface area contributed by atoms with Crippen LogP contribution < -0.4 is 4.90 Å². The summed E-state index contributed by atoms with van der Waals surface area (Å²) in [6.45, 7) is 6.78. The Bertz CT molecular complexity index is 1690. The van der Waals surface area contributed by atoms with Crippen LogP contribution in [0.2, 0.25) is 0 Å². The van der Waals surface area contributed by atoms with Crippen LogP contribution in [0.1, 0.15) is 137 Å². The van der Waals surface area contributed by atoms with Crippen molar-refractivity contribution in [1.29, 1.82) is 0 Å². The highest BCUT2D eigenvalue weighted by atomic mass is 15.2. The van der Waals surface area contributed by atoms with Crippen molar-refractivity contribution in [3.05, 3.63) is 136 Å². The zero-order valence-corrected chi connectivity index (χ0v) is 29.1. The van der Waals surface area contributed by atoms with Gasteiger partial charge >= 0.3 is 0 Å². The van der Waals surface area contributed by atoms with Gasteiger partial charge in [0.2, 0.25) is 0 Å². The molecular formula is C45H54N2. The van der Waals surface area contributed by atoms with E-state index in [1.54, 1.807) is 16.8 Å². The molecule has 7 rings (SSSR count). The van der Waals surface area contributed by atoms with Crippen molar-refractivity contribution in [3.8, 4) is 5.69 Å². The van der Waals surface area contributed by atoms with Crippen LogP contribution in [-0.2, 0) is 19.3 Å². The highest BCUT2D eigenvalue weighted by Gasteiger charge is 2.26. The summed E-state index contributed by atoms with van der Waals surface area (Å²) in [7, 11) is 0. The number of rotatable bonds is 9. The van der Waals surface area contributed by atoms with Crippen LogP contribution in [-0.4, -0.2) is 4.57 Å². The van der Waals surface area contributed by atoms with Crippen molar-refractivity contribution < 1.29 is 0 Å². The molecule has 4 aliphatic carbocycles. The first-order valence-corrected chi connectivity index (χ1v) is 18.8. The van der Waals surface area contributed by atoms with Gasteiger partial charge in [-0.25, -0.2) is 0 Å². The maximum atomic E-state index is 2.61. The molecule has 47 heavy (non-hydrogen) atoms. The monoisotopic (exact) mass is 622 g/mol. The molecule has 2 nitrogen and oxygen atoms in total. The zero-order chi connectivity index (χ0) is 32.2. The summed E-state index contributed by atoms with van der Waals surface area (Å²) in [4.78, 5) is 2.49. The number of fused-ring (bicyclic) bond motifs is 1. The number of aromatic nitrogens is 1. The van der Waals surface area contributed by atoms with Crippen LogP contribution in [0.5, 0.6) is 0 Å². The molecule has 0 atom stereocenters. The molecule has 244 valence electrons. The van der Waals surface area contributed by atoms with E-state index >= 15 is 0 Å². The van der Waals surface area contributed by atoms with E-state index in [1.165, 1.54) is 109 Å². The Morgan fingerprint density at radius 2 is 1.47 bits per heavy atom. The number of benzene rings is 2. The Morgan fingerprint density at radius 1 is 0.787 bits per heavy atom. The van der Waals surface area contributed by atoms with Gasteiger partial charge in [-0.15, -0.1) is 0 Å². The molecule has 1 aromatic heterocycles. The van der Waals surface area contributed by atoms with E-state index in [4.69, 9.17) is 0 Å². The maximum Gasteiger partial charge on any atom is 0.0490 e. The van der Waals surface area contributed by atoms with E-state index in [0.29, 0.717) is 11.8 Å². The smallest absolute Gasteiger partial charge is 0.0490 e. The summed E-state index contributed by atoms with van der Waals surface area (Å²) in [5.74, 6) is 1.32. The van der Waals surface area contributed by atoms with Crippen LogP contribution in [0.4, 0.5) is 5.69 Å². The fourth-order valence-corrected chi connectivity index (χ4v) is 8.83. The highest BCUT2D eigenvalue weighted by molar-refractivity contribution is 5.65. The van der Waals surface area contributed by atoms with Gasteiger partial charge in [-0.05, 0) is 179 Å². The van der Waals surface area contributed by atoms with Gasteiger partial charge in [0.15, 0.2) is 0 Å². The fourth-order valence-electron chi connectivity index (χ4n) is 8.83. The molecule has 0 aliphatic heterocycles. The molecule has 0 N–H and O–H groups in total. The summed E-state index contributed by atoms with van der Waals surface area (Å²) in [6.07, 6.45) is 33.4. The number of hydrogen-bond acceptors (Lipinski definition) is 1. The molecular weight excluding hydrogens is 569 g/mol. The van der Waals surface area contributed by atoms with E-state index in [9.17, 15) is 0 Å². The molecule has 1 saturated carbocycles. The van der Waals surface area contributed by atoms with Crippen LogP contribution in [0, 0.1) is 0 Å². The fraction of sp³-hybridized carbons (Fsp3) is 0.422. The molecule has 0 spiro atoms. The Labute approximate surface area is 284 Å². The summed E-state index contributed by atoms with van der Waals surface area (Å²) < 4.78 is 2.61. The molecule has 1 fully saturated rings. The Kier molecular flexibility index (Phi) is 9.84. The van der Waals surface area contributed by atoms with Crippen molar-refractivity contribution in [2.45, 2.75) is 122 Å². The molecule has 0 unspecified atom stereocenters. The van der Waals surface area contributed by atoms with Crippen molar-refractivity contribution in [3.63, 3.8) is 0 Å². The van der Waals surface area contributed by atoms with E-state index in [2.05, 4.69) is 121 Å². The molecule has 2 heteroatoms. The number of nitrogens with zero attached hydrogens (tertiary/aromatic N) is 2. The number of anilines is 1. The number of allylic oxidation sites excluding steroid dienone is 7. The Hall–Kier alpha value is -3.78. The van der Waals surface area contributed by atoms with Gasteiger partial charge in [-0.2, -0.15) is 0 Å². The summed E-state index contributed by atoms with van der Waals surface area (Å²) in [6, 6.07) is 19.3. The van der Waals surface area contributed by atoms with Crippen molar-refractivity contribution in [1.82, 2.24) is 4.57 Å². The van der Waals surface area contributed by atoms with E-state index in [1.807, 2.05) is 0 Å². The first-order valence-electron chi connectivity index (χ1n) is 18.8. The standard InChI is InChI=1S/C45H54N2/c1-4-13-41-42-18-10-12-20-45(42)47(44(41)14-5-2)40-31-27-37(28-32-40)35-23-21-34(22-24-35)36-25-29-39(30-26-36)46(38-16-7-6-8-17-38)43-19-11-9-15-33(43)3/h5,7,11,14,16-17,19,25-32,34-35H,4,6,8-10,12-13,15,18,20-24H2,1-3H3/b14-5-. The summed E-state index contributed by atoms with van der Waals surface area (Å²) in [5.41, 5.74) is 16.1. The van der Waals surface area contributed by atoms with Crippen LogP contribution >= 0.6 is 0 Å². The average Bonchev–Trinajstić information content (AvgIpc) is 3.43. The van der Waals surface area contributed by atoms with Gasteiger partial charge in [0.25, 0.3) is 0 Å². The van der Waals surface area contributed by atoms with E-state index < -0.39 is 0 Å². The predicted molar refractivity (Wildman–Crippen MR) is 202 cm³/mol. The minimum absolute atomic E-state index is 0.657. The predicted octanol–water partition coefficient (Wildman–Crippen LogP) is 12.4. The van der Waals surface area contributed by atoms with Crippen LogP contribution in [0.15, 0.2) is 102 Å². The quantitative estimate of drug-likeness (QED) is 0.230. The lowest BCUT2D eigenvalue weighted by Crippen LogP contribution is -2.23. The van der Waals surface area contributed by atoms with E-state index in [0.717, 1.165) is 25.7 Å². The topological polar surface area (TPSA) is 8.17 Å².